The van der Waals surface area contributed by atoms with E-state index in [1.54, 1.807) is 31.5 Å². The summed E-state index contributed by atoms with van der Waals surface area (Å²) in [6.45, 7) is 1.94. The SMILES string of the molecule is COc1ccc2ccc(C(=O)Nc3ccc(C)cn3)nc2c1. The number of aromatic nitrogens is 2. The number of anilines is 1. The molecule has 1 amide bonds. The van der Waals surface area contributed by atoms with E-state index >= 15 is 0 Å². The van der Waals surface area contributed by atoms with E-state index < -0.39 is 0 Å². The highest BCUT2D eigenvalue weighted by Gasteiger charge is 2.09. The van der Waals surface area contributed by atoms with Crippen molar-refractivity contribution in [1.82, 2.24) is 9.97 Å². The summed E-state index contributed by atoms with van der Waals surface area (Å²) in [5, 5.41) is 3.68. The zero-order chi connectivity index (χ0) is 15.5. The molecular formula is C17H15N3O2. The molecule has 0 spiro atoms. The number of nitrogens with zero attached hydrogens (tertiary/aromatic N) is 2. The zero-order valence-electron chi connectivity index (χ0n) is 12.3. The Labute approximate surface area is 128 Å². The molecule has 22 heavy (non-hydrogen) atoms. The number of carbonyl (C=O) groups is 1. The van der Waals surface area contributed by atoms with Crippen LogP contribution < -0.4 is 10.1 Å². The molecule has 3 rings (SSSR count). The zero-order valence-corrected chi connectivity index (χ0v) is 12.3. The maximum absolute atomic E-state index is 12.3. The molecule has 0 saturated heterocycles. The minimum atomic E-state index is -0.291. The third kappa shape index (κ3) is 2.88. The van der Waals surface area contributed by atoms with Crippen LogP contribution in [0.3, 0.4) is 0 Å². The number of fused-ring (bicyclic) bond motifs is 1. The number of benzene rings is 1. The summed E-state index contributed by atoms with van der Waals surface area (Å²) in [5.74, 6) is 0.918. The molecule has 3 aromatic rings. The number of amides is 1. The molecule has 0 unspecified atom stereocenters. The number of hydrogen-bond acceptors (Lipinski definition) is 4. The molecule has 0 radical (unpaired) electrons. The molecule has 0 fully saturated rings. The third-order valence-electron chi connectivity index (χ3n) is 3.28. The van der Waals surface area contributed by atoms with Gasteiger partial charge in [-0.15, -0.1) is 0 Å². The summed E-state index contributed by atoms with van der Waals surface area (Å²) >= 11 is 0. The Morgan fingerprint density at radius 1 is 1.14 bits per heavy atom. The third-order valence-corrected chi connectivity index (χ3v) is 3.28. The van der Waals surface area contributed by atoms with Crippen molar-refractivity contribution in [2.45, 2.75) is 6.92 Å². The monoisotopic (exact) mass is 293 g/mol. The minimum absolute atomic E-state index is 0.291. The summed E-state index contributed by atoms with van der Waals surface area (Å²) in [7, 11) is 1.60. The highest BCUT2D eigenvalue weighted by molar-refractivity contribution is 6.03. The number of rotatable bonds is 3. The molecule has 0 atom stereocenters. The van der Waals surface area contributed by atoms with Crippen LogP contribution in [0.4, 0.5) is 5.82 Å². The molecule has 1 N–H and O–H groups in total. The predicted molar refractivity (Wildman–Crippen MR) is 85.2 cm³/mol. The molecule has 2 heterocycles. The van der Waals surface area contributed by atoms with Crippen molar-refractivity contribution in [2.24, 2.45) is 0 Å². The van der Waals surface area contributed by atoms with E-state index in [0.717, 1.165) is 10.9 Å². The van der Waals surface area contributed by atoms with Crippen molar-refractivity contribution in [1.29, 1.82) is 0 Å². The van der Waals surface area contributed by atoms with Crippen LogP contribution in [0.15, 0.2) is 48.7 Å². The summed E-state index contributed by atoms with van der Waals surface area (Å²) in [6.07, 6.45) is 1.70. The number of hydrogen-bond donors (Lipinski definition) is 1. The van der Waals surface area contributed by atoms with Gasteiger partial charge in [-0.25, -0.2) is 9.97 Å². The largest absolute Gasteiger partial charge is 0.497 e. The fraction of sp³-hybridized carbons (Fsp3) is 0.118. The van der Waals surface area contributed by atoms with Gasteiger partial charge in [-0.05, 0) is 36.8 Å². The molecule has 5 nitrogen and oxygen atoms in total. The van der Waals surface area contributed by atoms with Crippen molar-refractivity contribution in [3.63, 3.8) is 0 Å². The maximum atomic E-state index is 12.3. The van der Waals surface area contributed by atoms with Crippen LogP contribution in [0.5, 0.6) is 5.75 Å². The van der Waals surface area contributed by atoms with E-state index in [0.29, 0.717) is 22.8 Å². The Hall–Kier alpha value is -2.95. The van der Waals surface area contributed by atoms with Crippen LogP contribution in [0.1, 0.15) is 16.1 Å². The van der Waals surface area contributed by atoms with E-state index in [1.165, 1.54) is 0 Å². The number of aryl methyl sites for hydroxylation is 1. The van der Waals surface area contributed by atoms with E-state index in [1.807, 2.05) is 31.2 Å². The number of carbonyl (C=O) groups excluding carboxylic acids is 1. The van der Waals surface area contributed by atoms with Crippen LogP contribution in [0, 0.1) is 6.92 Å². The molecule has 110 valence electrons. The van der Waals surface area contributed by atoms with Crippen LogP contribution in [-0.4, -0.2) is 23.0 Å². The van der Waals surface area contributed by atoms with Crippen molar-refractivity contribution in [3.05, 3.63) is 59.9 Å². The lowest BCUT2D eigenvalue weighted by Crippen LogP contribution is -2.14. The second-order valence-corrected chi connectivity index (χ2v) is 4.93. The average molecular weight is 293 g/mol. The van der Waals surface area contributed by atoms with Gasteiger partial charge in [0.2, 0.25) is 0 Å². The van der Waals surface area contributed by atoms with Gasteiger partial charge < -0.3 is 10.1 Å². The standard InChI is InChI=1S/C17H15N3O2/c1-11-3-8-16(18-10-11)20-17(21)14-7-5-12-4-6-13(22-2)9-15(12)19-14/h3-10H,1-2H3,(H,18,20,21). The summed E-state index contributed by atoms with van der Waals surface area (Å²) in [5.41, 5.74) is 2.08. The predicted octanol–water partition coefficient (Wildman–Crippen LogP) is 3.20. The molecule has 0 saturated carbocycles. The fourth-order valence-corrected chi connectivity index (χ4v) is 2.07. The highest BCUT2D eigenvalue weighted by Crippen LogP contribution is 2.19. The lowest BCUT2D eigenvalue weighted by atomic mass is 10.2. The summed E-state index contributed by atoms with van der Waals surface area (Å²) < 4.78 is 5.18. The normalized spacial score (nSPS) is 10.5. The van der Waals surface area contributed by atoms with Crippen molar-refractivity contribution in [2.75, 3.05) is 12.4 Å². The smallest absolute Gasteiger partial charge is 0.275 e. The topological polar surface area (TPSA) is 64.1 Å². The first-order chi connectivity index (χ1) is 10.7. The van der Waals surface area contributed by atoms with Crippen LogP contribution in [0.2, 0.25) is 0 Å². The Bertz CT molecular complexity index is 829. The average Bonchev–Trinajstić information content (AvgIpc) is 2.55. The van der Waals surface area contributed by atoms with Gasteiger partial charge >= 0.3 is 0 Å². The fourth-order valence-electron chi connectivity index (χ4n) is 2.07. The summed E-state index contributed by atoms with van der Waals surface area (Å²) in [6, 6.07) is 12.8. The number of methoxy groups -OCH3 is 1. The number of ether oxygens (including phenoxy) is 1. The lowest BCUT2D eigenvalue weighted by Gasteiger charge is -2.06. The quantitative estimate of drug-likeness (QED) is 0.805. The molecule has 0 aliphatic carbocycles. The number of pyridine rings is 2. The molecule has 0 aliphatic heterocycles. The Morgan fingerprint density at radius 3 is 2.68 bits per heavy atom. The Morgan fingerprint density at radius 2 is 1.95 bits per heavy atom. The second kappa shape index (κ2) is 5.81. The van der Waals surface area contributed by atoms with E-state index in [4.69, 9.17) is 4.74 Å². The molecule has 5 heteroatoms. The van der Waals surface area contributed by atoms with Gasteiger partial charge in [0, 0.05) is 17.6 Å². The summed E-state index contributed by atoms with van der Waals surface area (Å²) in [4.78, 5) is 20.8. The van der Waals surface area contributed by atoms with Crippen molar-refractivity contribution < 1.29 is 9.53 Å². The van der Waals surface area contributed by atoms with Gasteiger partial charge in [0.1, 0.15) is 17.3 Å². The maximum Gasteiger partial charge on any atom is 0.275 e. The Balaban J connectivity index is 1.88. The van der Waals surface area contributed by atoms with Gasteiger partial charge in [-0.1, -0.05) is 12.1 Å². The molecule has 0 aliphatic rings. The van der Waals surface area contributed by atoms with E-state index in [-0.39, 0.29) is 5.91 Å². The van der Waals surface area contributed by atoms with Gasteiger partial charge in [-0.3, -0.25) is 4.79 Å². The number of nitrogens with one attached hydrogen (secondary N) is 1. The first-order valence-corrected chi connectivity index (χ1v) is 6.84. The van der Waals surface area contributed by atoms with E-state index in [2.05, 4.69) is 15.3 Å². The first-order valence-electron chi connectivity index (χ1n) is 6.84. The van der Waals surface area contributed by atoms with Crippen molar-refractivity contribution >= 4 is 22.6 Å². The molecule has 2 aromatic heterocycles. The van der Waals surface area contributed by atoms with Crippen LogP contribution >= 0.6 is 0 Å². The van der Waals surface area contributed by atoms with Crippen LogP contribution in [0.25, 0.3) is 10.9 Å². The minimum Gasteiger partial charge on any atom is -0.497 e. The highest BCUT2D eigenvalue weighted by atomic mass is 16.5. The van der Waals surface area contributed by atoms with Gasteiger partial charge in [0.25, 0.3) is 5.91 Å². The van der Waals surface area contributed by atoms with Gasteiger partial charge in [-0.2, -0.15) is 0 Å². The van der Waals surface area contributed by atoms with Crippen LogP contribution in [-0.2, 0) is 0 Å². The second-order valence-electron chi connectivity index (χ2n) is 4.93. The molecule has 1 aromatic carbocycles. The molecule has 0 bridgehead atoms. The first kappa shape index (κ1) is 14.0. The van der Waals surface area contributed by atoms with Gasteiger partial charge in [0.15, 0.2) is 0 Å². The van der Waals surface area contributed by atoms with Gasteiger partial charge in [0.05, 0.1) is 12.6 Å². The lowest BCUT2D eigenvalue weighted by molar-refractivity contribution is 0.102. The Kier molecular flexibility index (Phi) is 3.70. The van der Waals surface area contributed by atoms with Crippen molar-refractivity contribution in [3.8, 4) is 5.75 Å². The van der Waals surface area contributed by atoms with E-state index in [9.17, 15) is 4.79 Å². The molecular weight excluding hydrogens is 278 g/mol.